The number of benzene rings is 1. The van der Waals surface area contributed by atoms with Crippen molar-refractivity contribution in [2.45, 2.75) is 109 Å². The van der Waals surface area contributed by atoms with Gasteiger partial charge in [-0.15, -0.1) is 0 Å². The number of unbranched alkanes of at least 4 members (excludes halogenated alkanes) is 4. The second kappa shape index (κ2) is 12.0. The Morgan fingerprint density at radius 1 is 0.714 bits per heavy atom. The van der Waals surface area contributed by atoms with Gasteiger partial charge >= 0.3 is 0 Å². The third-order valence-electron chi connectivity index (χ3n) is 6.94. The highest BCUT2D eigenvalue weighted by Crippen LogP contribution is 2.38. The zero-order valence-electron chi connectivity index (χ0n) is 18.3. The lowest BCUT2D eigenvalue weighted by molar-refractivity contribution is -0.137. The van der Waals surface area contributed by atoms with Crippen LogP contribution in [0.15, 0.2) is 24.3 Å². The lowest BCUT2D eigenvalue weighted by Crippen LogP contribution is -2.31. The van der Waals surface area contributed by atoms with Crippen LogP contribution in [-0.4, -0.2) is 19.3 Å². The van der Waals surface area contributed by atoms with E-state index in [1.54, 1.807) is 0 Å². The van der Waals surface area contributed by atoms with Gasteiger partial charge in [0.15, 0.2) is 0 Å². The number of hydrogen-bond acceptors (Lipinski definition) is 2. The molecule has 1 aliphatic carbocycles. The first kappa shape index (κ1) is 21.8. The van der Waals surface area contributed by atoms with Crippen molar-refractivity contribution in [3.05, 3.63) is 35.4 Å². The van der Waals surface area contributed by atoms with E-state index in [-0.39, 0.29) is 6.10 Å². The molecule has 0 radical (unpaired) electrons. The molecule has 0 N–H and O–H groups in total. The summed E-state index contributed by atoms with van der Waals surface area (Å²) in [5, 5.41) is 0. The Balaban J connectivity index is 1.40. The Hall–Kier alpha value is -0.860. The monoisotopic (exact) mass is 386 g/mol. The normalized spacial score (nSPS) is 28.4. The molecule has 2 atom stereocenters. The Morgan fingerprint density at radius 2 is 1.43 bits per heavy atom. The number of rotatable bonds is 10. The molecule has 1 saturated carbocycles. The Kier molecular flexibility index (Phi) is 9.34. The smallest absolute Gasteiger partial charge is 0.106 e. The summed E-state index contributed by atoms with van der Waals surface area (Å²) in [5.74, 6) is 1.75. The van der Waals surface area contributed by atoms with Gasteiger partial charge in [-0.25, -0.2) is 0 Å². The summed E-state index contributed by atoms with van der Waals surface area (Å²) in [5.41, 5.74) is 2.81. The summed E-state index contributed by atoms with van der Waals surface area (Å²) in [7, 11) is 0. The van der Waals surface area contributed by atoms with E-state index in [1.165, 1.54) is 81.8 Å². The van der Waals surface area contributed by atoms with E-state index >= 15 is 0 Å². The molecule has 0 unspecified atom stereocenters. The fourth-order valence-corrected chi connectivity index (χ4v) is 4.96. The lowest BCUT2D eigenvalue weighted by atomic mass is 9.77. The molecule has 2 nitrogen and oxygen atoms in total. The van der Waals surface area contributed by atoms with Gasteiger partial charge in [-0.1, -0.05) is 83.1 Å². The molecule has 0 aromatic heterocycles. The molecule has 1 aliphatic heterocycles. The predicted octanol–water partition coefficient (Wildman–Crippen LogP) is 7.58. The van der Waals surface area contributed by atoms with Gasteiger partial charge in [-0.3, -0.25) is 0 Å². The first-order valence-corrected chi connectivity index (χ1v) is 12.1. The highest BCUT2D eigenvalue weighted by molar-refractivity contribution is 5.27. The van der Waals surface area contributed by atoms with E-state index in [9.17, 15) is 0 Å². The lowest BCUT2D eigenvalue weighted by Gasteiger charge is -2.31. The van der Waals surface area contributed by atoms with Crippen LogP contribution in [0.4, 0.5) is 0 Å². The van der Waals surface area contributed by atoms with Gasteiger partial charge in [0.1, 0.15) is 6.10 Å². The summed E-state index contributed by atoms with van der Waals surface area (Å²) < 4.78 is 12.2. The van der Waals surface area contributed by atoms with Crippen LogP contribution in [0.1, 0.15) is 114 Å². The maximum Gasteiger partial charge on any atom is 0.106 e. The van der Waals surface area contributed by atoms with E-state index in [0.717, 1.165) is 24.9 Å². The summed E-state index contributed by atoms with van der Waals surface area (Å²) in [6.07, 6.45) is 16.6. The zero-order chi connectivity index (χ0) is 19.6. The summed E-state index contributed by atoms with van der Waals surface area (Å²) in [4.78, 5) is 0. The quantitative estimate of drug-likeness (QED) is 0.386. The fourth-order valence-electron chi connectivity index (χ4n) is 4.96. The van der Waals surface area contributed by atoms with Crippen molar-refractivity contribution in [2.24, 2.45) is 5.92 Å². The topological polar surface area (TPSA) is 18.5 Å². The van der Waals surface area contributed by atoms with Crippen LogP contribution < -0.4 is 0 Å². The Morgan fingerprint density at radius 3 is 2.07 bits per heavy atom. The molecule has 1 aromatic carbocycles. The van der Waals surface area contributed by atoms with Crippen LogP contribution in [0.2, 0.25) is 0 Å². The van der Waals surface area contributed by atoms with Gasteiger partial charge in [0.25, 0.3) is 0 Å². The Labute approximate surface area is 173 Å². The van der Waals surface area contributed by atoms with Crippen LogP contribution in [0.5, 0.6) is 0 Å². The second-order valence-electron chi connectivity index (χ2n) is 9.15. The highest BCUT2D eigenvalue weighted by atomic mass is 16.6. The summed E-state index contributed by atoms with van der Waals surface area (Å²) in [6, 6.07) is 9.28. The van der Waals surface area contributed by atoms with Crippen molar-refractivity contribution in [1.82, 2.24) is 0 Å². The predicted molar refractivity (Wildman–Crippen MR) is 118 cm³/mol. The first-order chi connectivity index (χ1) is 13.8. The summed E-state index contributed by atoms with van der Waals surface area (Å²) in [6.45, 7) is 6.03. The largest absolute Gasteiger partial charge is 0.373 e. The van der Waals surface area contributed by atoms with Gasteiger partial charge in [0.2, 0.25) is 0 Å². The minimum absolute atomic E-state index is 0.116. The Bertz CT molecular complexity index is 522. The molecule has 2 aliphatic rings. The molecule has 2 heteroatoms. The maximum absolute atomic E-state index is 6.15. The maximum atomic E-state index is 6.15. The van der Waals surface area contributed by atoms with Crippen LogP contribution in [-0.2, 0) is 9.47 Å². The molecule has 158 valence electrons. The average molecular weight is 387 g/mol. The standard InChI is InChI=1S/C26H42O2/c1-3-5-7-8-10-25-19-28-26(20-27-25)24-17-15-23(16-18-24)22-13-11-21(12-14-22)9-6-4-2/h15-18,21-22,25-26H,3-14,19-20H2,1-2H3/t21-,22-,25-,26-/m0/s1. The van der Waals surface area contributed by atoms with Crippen LogP contribution >= 0.6 is 0 Å². The van der Waals surface area contributed by atoms with E-state index in [2.05, 4.69) is 38.1 Å². The molecule has 28 heavy (non-hydrogen) atoms. The van der Waals surface area contributed by atoms with Gasteiger partial charge in [0.05, 0.1) is 19.3 Å². The molecule has 0 spiro atoms. The molecule has 1 aromatic rings. The molecule has 3 rings (SSSR count). The molecular weight excluding hydrogens is 344 g/mol. The number of hydrogen-bond donors (Lipinski definition) is 0. The van der Waals surface area contributed by atoms with Gasteiger partial charge in [0, 0.05) is 0 Å². The first-order valence-electron chi connectivity index (χ1n) is 12.1. The van der Waals surface area contributed by atoms with Gasteiger partial charge in [-0.2, -0.15) is 0 Å². The highest BCUT2D eigenvalue weighted by Gasteiger charge is 2.25. The summed E-state index contributed by atoms with van der Waals surface area (Å²) >= 11 is 0. The minimum Gasteiger partial charge on any atom is -0.373 e. The SMILES string of the molecule is CCCCCC[C@H]1CO[C@H](c2ccc([C@H]3CC[C@H](CCCC)CC3)cc2)CO1. The van der Waals surface area contributed by atoms with Crippen molar-refractivity contribution in [1.29, 1.82) is 0 Å². The van der Waals surface area contributed by atoms with Crippen LogP contribution in [0.3, 0.4) is 0 Å². The van der Waals surface area contributed by atoms with Crippen LogP contribution in [0.25, 0.3) is 0 Å². The molecule has 0 bridgehead atoms. The van der Waals surface area contributed by atoms with Crippen molar-refractivity contribution >= 4 is 0 Å². The van der Waals surface area contributed by atoms with Gasteiger partial charge < -0.3 is 9.47 Å². The molecule has 1 saturated heterocycles. The average Bonchev–Trinajstić information content (AvgIpc) is 2.76. The molecule has 0 amide bonds. The fraction of sp³-hybridized carbons (Fsp3) is 0.769. The molecular formula is C26H42O2. The van der Waals surface area contributed by atoms with Crippen molar-refractivity contribution in [3.8, 4) is 0 Å². The zero-order valence-corrected chi connectivity index (χ0v) is 18.3. The second-order valence-corrected chi connectivity index (χ2v) is 9.15. The third kappa shape index (κ3) is 6.59. The van der Waals surface area contributed by atoms with Crippen molar-refractivity contribution < 1.29 is 9.47 Å². The van der Waals surface area contributed by atoms with E-state index in [4.69, 9.17) is 9.47 Å². The van der Waals surface area contributed by atoms with Crippen molar-refractivity contribution in [2.75, 3.05) is 13.2 Å². The molecule has 2 fully saturated rings. The molecule has 1 heterocycles. The van der Waals surface area contributed by atoms with E-state index < -0.39 is 0 Å². The third-order valence-corrected chi connectivity index (χ3v) is 6.94. The van der Waals surface area contributed by atoms with Crippen LogP contribution in [0, 0.1) is 5.92 Å². The minimum atomic E-state index is 0.116. The van der Waals surface area contributed by atoms with Gasteiger partial charge in [-0.05, 0) is 55.1 Å². The van der Waals surface area contributed by atoms with Crippen molar-refractivity contribution in [3.63, 3.8) is 0 Å². The number of ether oxygens (including phenoxy) is 2. The van der Waals surface area contributed by atoms with E-state index in [1.807, 2.05) is 0 Å². The van der Waals surface area contributed by atoms with E-state index in [0.29, 0.717) is 12.7 Å².